The zero-order chi connectivity index (χ0) is 22.8. The highest BCUT2D eigenvalue weighted by Crippen LogP contribution is 2.39. The van der Waals surface area contributed by atoms with Crippen LogP contribution < -0.4 is 5.32 Å². The summed E-state index contributed by atoms with van der Waals surface area (Å²) < 4.78 is 7.33. The lowest BCUT2D eigenvalue weighted by Crippen LogP contribution is -2.17. The average Bonchev–Trinajstić information content (AvgIpc) is 3.50. The zero-order valence-electron chi connectivity index (χ0n) is 18.2. The lowest BCUT2D eigenvalue weighted by Gasteiger charge is -2.10. The number of rotatable bonds is 7. The Labute approximate surface area is 200 Å². The van der Waals surface area contributed by atoms with Crippen LogP contribution in [0.3, 0.4) is 0 Å². The van der Waals surface area contributed by atoms with E-state index in [4.69, 9.17) is 9.72 Å². The van der Waals surface area contributed by atoms with Gasteiger partial charge in [-0.2, -0.15) is 0 Å². The average molecular weight is 478 g/mol. The number of thiophene rings is 1. The number of amides is 1. The molecular formula is C25H23N3O3S2. The van der Waals surface area contributed by atoms with Crippen molar-refractivity contribution in [1.82, 2.24) is 9.55 Å². The Morgan fingerprint density at radius 2 is 1.91 bits per heavy atom. The Bertz CT molecular complexity index is 1330. The number of hydrogen-bond acceptors (Lipinski definition) is 6. The van der Waals surface area contributed by atoms with E-state index in [0.717, 1.165) is 46.7 Å². The van der Waals surface area contributed by atoms with Gasteiger partial charge in [0.15, 0.2) is 5.16 Å². The van der Waals surface area contributed by atoms with Crippen molar-refractivity contribution >= 4 is 51.0 Å². The van der Waals surface area contributed by atoms with Gasteiger partial charge in [0, 0.05) is 10.6 Å². The second-order valence-electron chi connectivity index (χ2n) is 7.67. The fraction of sp³-hybridized carbons (Fsp3) is 0.240. The van der Waals surface area contributed by atoms with Gasteiger partial charge in [0.1, 0.15) is 5.00 Å². The molecule has 0 spiro atoms. The second-order valence-corrected chi connectivity index (χ2v) is 9.72. The molecule has 0 saturated heterocycles. The Hall–Kier alpha value is -3.10. The maximum absolute atomic E-state index is 12.9. The van der Waals surface area contributed by atoms with Crippen LogP contribution in [0.4, 0.5) is 5.00 Å². The van der Waals surface area contributed by atoms with Crippen LogP contribution in [0.15, 0.2) is 59.8 Å². The molecule has 2 heterocycles. The van der Waals surface area contributed by atoms with Gasteiger partial charge < -0.3 is 10.1 Å². The molecule has 5 rings (SSSR count). The number of anilines is 1. The predicted molar refractivity (Wildman–Crippen MR) is 133 cm³/mol. The van der Waals surface area contributed by atoms with Crippen molar-refractivity contribution in [2.45, 2.75) is 31.3 Å². The summed E-state index contributed by atoms with van der Waals surface area (Å²) in [5.74, 6) is -0.344. The third kappa shape index (κ3) is 4.28. The Balaban J connectivity index is 1.37. The maximum atomic E-state index is 12.9. The number of esters is 1. The predicted octanol–water partition coefficient (Wildman–Crippen LogP) is 5.48. The van der Waals surface area contributed by atoms with E-state index in [-0.39, 0.29) is 17.6 Å². The lowest BCUT2D eigenvalue weighted by molar-refractivity contribution is -0.113. The normalized spacial score (nSPS) is 12.6. The van der Waals surface area contributed by atoms with E-state index >= 15 is 0 Å². The summed E-state index contributed by atoms with van der Waals surface area (Å²) in [6, 6.07) is 17.9. The van der Waals surface area contributed by atoms with Gasteiger partial charge in [0.05, 0.1) is 29.0 Å². The second kappa shape index (κ2) is 9.41. The number of thioether (sulfide) groups is 1. The van der Waals surface area contributed by atoms with Crippen molar-refractivity contribution in [2.24, 2.45) is 0 Å². The van der Waals surface area contributed by atoms with Crippen molar-refractivity contribution in [3.8, 4) is 5.69 Å². The van der Waals surface area contributed by atoms with E-state index in [1.165, 1.54) is 28.0 Å². The van der Waals surface area contributed by atoms with Gasteiger partial charge >= 0.3 is 5.97 Å². The highest BCUT2D eigenvalue weighted by atomic mass is 32.2. The summed E-state index contributed by atoms with van der Waals surface area (Å²) in [6.07, 6.45) is 2.83. The van der Waals surface area contributed by atoms with E-state index in [0.29, 0.717) is 17.2 Å². The number of para-hydroxylation sites is 3. The summed E-state index contributed by atoms with van der Waals surface area (Å²) in [7, 11) is 0. The maximum Gasteiger partial charge on any atom is 0.341 e. The Morgan fingerprint density at radius 3 is 2.73 bits per heavy atom. The van der Waals surface area contributed by atoms with Gasteiger partial charge in [0.25, 0.3) is 0 Å². The molecule has 0 fully saturated rings. The van der Waals surface area contributed by atoms with E-state index in [9.17, 15) is 9.59 Å². The lowest BCUT2D eigenvalue weighted by atomic mass is 10.1. The van der Waals surface area contributed by atoms with E-state index in [1.54, 1.807) is 6.92 Å². The first kappa shape index (κ1) is 21.7. The molecule has 0 aliphatic heterocycles. The highest BCUT2D eigenvalue weighted by molar-refractivity contribution is 7.99. The molecule has 1 aliphatic carbocycles. The van der Waals surface area contributed by atoms with Crippen LogP contribution in [0, 0.1) is 0 Å². The number of aromatic nitrogens is 2. The molecule has 1 amide bonds. The monoisotopic (exact) mass is 477 g/mol. The molecule has 8 heteroatoms. The van der Waals surface area contributed by atoms with Crippen LogP contribution in [0.5, 0.6) is 0 Å². The van der Waals surface area contributed by atoms with Gasteiger partial charge in [-0.3, -0.25) is 9.36 Å². The Kier molecular flexibility index (Phi) is 6.20. The van der Waals surface area contributed by atoms with Crippen LogP contribution in [0.1, 0.15) is 34.1 Å². The van der Waals surface area contributed by atoms with Crippen LogP contribution in [0.25, 0.3) is 16.7 Å². The van der Waals surface area contributed by atoms with Gasteiger partial charge in [-0.05, 0) is 56.0 Å². The standard InChI is InChI=1S/C25H23N3O3S2/c1-2-31-24(30)22-17-11-8-14-20(17)33-23(22)27-21(29)15-32-25-26-18-12-6-7-13-19(18)28(25)16-9-4-3-5-10-16/h3-7,9-10,12-13H,2,8,11,14-15H2,1H3,(H,27,29). The number of benzene rings is 2. The molecule has 0 saturated carbocycles. The highest BCUT2D eigenvalue weighted by Gasteiger charge is 2.28. The number of aryl methyl sites for hydroxylation is 1. The van der Waals surface area contributed by atoms with Crippen LogP contribution >= 0.6 is 23.1 Å². The van der Waals surface area contributed by atoms with Crippen molar-refractivity contribution < 1.29 is 14.3 Å². The number of ether oxygens (including phenoxy) is 1. The first-order valence-electron chi connectivity index (χ1n) is 10.9. The number of imidazole rings is 1. The van der Waals surface area contributed by atoms with Crippen LogP contribution in [-0.2, 0) is 22.4 Å². The molecule has 4 aromatic rings. The molecule has 6 nitrogen and oxygen atoms in total. The summed E-state index contributed by atoms with van der Waals surface area (Å²) in [5, 5.41) is 4.31. The van der Waals surface area contributed by atoms with Gasteiger partial charge in [-0.1, -0.05) is 42.1 Å². The molecule has 33 heavy (non-hydrogen) atoms. The molecule has 2 aromatic carbocycles. The van der Waals surface area contributed by atoms with Crippen molar-refractivity contribution in [2.75, 3.05) is 17.7 Å². The third-order valence-corrected chi connectivity index (χ3v) is 7.68. The van der Waals surface area contributed by atoms with Crippen LogP contribution in [0.2, 0.25) is 0 Å². The number of carbonyl (C=O) groups excluding carboxylic acids is 2. The smallest absolute Gasteiger partial charge is 0.341 e. The molecule has 168 valence electrons. The summed E-state index contributed by atoms with van der Waals surface area (Å²) >= 11 is 2.87. The number of carbonyl (C=O) groups is 2. The van der Waals surface area contributed by atoms with Gasteiger partial charge in [-0.15, -0.1) is 11.3 Å². The van der Waals surface area contributed by atoms with Crippen LogP contribution in [-0.4, -0.2) is 33.8 Å². The van der Waals surface area contributed by atoms with Crippen molar-refractivity contribution in [3.05, 3.63) is 70.6 Å². The fourth-order valence-corrected chi connectivity index (χ4v) is 6.25. The molecule has 0 radical (unpaired) electrons. The summed E-state index contributed by atoms with van der Waals surface area (Å²) in [5.41, 5.74) is 4.43. The van der Waals surface area contributed by atoms with Gasteiger partial charge in [-0.25, -0.2) is 9.78 Å². The summed E-state index contributed by atoms with van der Waals surface area (Å²) in [4.78, 5) is 31.4. The van der Waals surface area contributed by atoms with Crippen molar-refractivity contribution in [3.63, 3.8) is 0 Å². The third-order valence-electron chi connectivity index (χ3n) is 5.53. The molecular weight excluding hydrogens is 454 g/mol. The largest absolute Gasteiger partial charge is 0.462 e. The number of hydrogen-bond donors (Lipinski definition) is 1. The zero-order valence-corrected chi connectivity index (χ0v) is 19.8. The van der Waals surface area contributed by atoms with E-state index in [2.05, 4.69) is 9.88 Å². The minimum absolute atomic E-state index is 0.169. The topological polar surface area (TPSA) is 73.2 Å². The molecule has 1 N–H and O–H groups in total. The number of fused-ring (bicyclic) bond motifs is 2. The first-order chi connectivity index (χ1) is 16.2. The number of nitrogens with one attached hydrogen (secondary N) is 1. The number of nitrogens with zero attached hydrogens (tertiary/aromatic N) is 2. The first-order valence-corrected chi connectivity index (χ1v) is 12.7. The molecule has 0 unspecified atom stereocenters. The van der Waals surface area contributed by atoms with Gasteiger partial charge in [0.2, 0.25) is 5.91 Å². The van der Waals surface area contributed by atoms with Crippen molar-refractivity contribution in [1.29, 1.82) is 0 Å². The molecule has 0 bridgehead atoms. The summed E-state index contributed by atoms with van der Waals surface area (Å²) in [6.45, 7) is 2.10. The molecule has 0 atom stereocenters. The fourth-order valence-electron chi connectivity index (χ4n) is 4.13. The minimum Gasteiger partial charge on any atom is -0.462 e. The minimum atomic E-state index is -0.356. The van der Waals surface area contributed by atoms with E-state index in [1.807, 2.05) is 54.6 Å². The molecule has 2 aromatic heterocycles. The Morgan fingerprint density at radius 1 is 1.12 bits per heavy atom. The van der Waals surface area contributed by atoms with E-state index < -0.39 is 0 Å². The quantitative estimate of drug-likeness (QED) is 0.282. The molecule has 1 aliphatic rings. The SMILES string of the molecule is CCOC(=O)c1c(NC(=O)CSc2nc3ccccc3n2-c2ccccc2)sc2c1CCC2.